The second-order valence-electron chi connectivity index (χ2n) is 6.58. The zero-order chi connectivity index (χ0) is 19.3. The van der Waals surface area contributed by atoms with Crippen LogP contribution in [0.2, 0.25) is 0 Å². The summed E-state index contributed by atoms with van der Waals surface area (Å²) in [5.41, 5.74) is 1.79. The van der Waals surface area contributed by atoms with Crippen LogP contribution in [0.4, 0.5) is 0 Å². The van der Waals surface area contributed by atoms with Gasteiger partial charge in [0, 0.05) is 24.7 Å². The number of H-pyrrole nitrogens is 1. The molecular weight excluding hydrogens is 354 g/mol. The molecule has 0 saturated carbocycles. The highest BCUT2D eigenvalue weighted by molar-refractivity contribution is 5.93. The van der Waals surface area contributed by atoms with Crippen molar-refractivity contribution in [1.29, 1.82) is 5.26 Å². The van der Waals surface area contributed by atoms with Gasteiger partial charge in [-0.25, -0.2) is 0 Å². The van der Waals surface area contributed by atoms with Crippen LogP contribution in [-0.4, -0.2) is 40.1 Å². The number of aromatic nitrogens is 2. The Balaban J connectivity index is 1.50. The number of hydrogen-bond acceptors (Lipinski definition) is 5. The number of amides is 1. The lowest BCUT2D eigenvalue weighted by molar-refractivity contribution is 0.0933. The summed E-state index contributed by atoms with van der Waals surface area (Å²) in [5, 5.41) is 19.0. The third kappa shape index (κ3) is 3.81. The van der Waals surface area contributed by atoms with Gasteiger partial charge in [-0.05, 0) is 36.8 Å². The van der Waals surface area contributed by atoms with E-state index >= 15 is 0 Å². The van der Waals surface area contributed by atoms with E-state index in [1.165, 1.54) is 0 Å². The second-order valence-corrected chi connectivity index (χ2v) is 6.58. The largest absolute Gasteiger partial charge is 0.457 e. The van der Waals surface area contributed by atoms with Gasteiger partial charge in [-0.1, -0.05) is 30.3 Å². The SMILES string of the molecule is N#CN1CC[C@@H](NC(=O)c2cc(-c3ccccc3Oc3ccccc3)n[nH]2)C1. The van der Waals surface area contributed by atoms with Crippen LogP contribution < -0.4 is 10.1 Å². The Kier molecular flexibility index (Phi) is 4.93. The van der Waals surface area contributed by atoms with Crippen molar-refractivity contribution in [2.24, 2.45) is 0 Å². The van der Waals surface area contributed by atoms with Crippen LogP contribution in [0.5, 0.6) is 11.5 Å². The first-order chi connectivity index (χ1) is 13.7. The van der Waals surface area contributed by atoms with E-state index in [0.717, 1.165) is 17.7 Å². The first-order valence-corrected chi connectivity index (χ1v) is 9.06. The number of aromatic amines is 1. The fourth-order valence-electron chi connectivity index (χ4n) is 3.19. The van der Waals surface area contributed by atoms with E-state index in [0.29, 0.717) is 30.2 Å². The normalized spacial score (nSPS) is 15.8. The maximum atomic E-state index is 12.5. The van der Waals surface area contributed by atoms with Crippen LogP contribution in [0.3, 0.4) is 0 Å². The summed E-state index contributed by atoms with van der Waals surface area (Å²) in [5.74, 6) is 1.16. The Labute approximate surface area is 162 Å². The fraction of sp³-hybridized carbons (Fsp3) is 0.190. The van der Waals surface area contributed by atoms with Gasteiger partial charge >= 0.3 is 0 Å². The molecule has 2 N–H and O–H groups in total. The average Bonchev–Trinajstić information content (AvgIpc) is 3.39. The van der Waals surface area contributed by atoms with E-state index in [4.69, 9.17) is 10.00 Å². The van der Waals surface area contributed by atoms with E-state index in [1.807, 2.05) is 54.6 Å². The van der Waals surface area contributed by atoms with Crippen LogP contribution in [0.25, 0.3) is 11.3 Å². The molecule has 28 heavy (non-hydrogen) atoms. The summed E-state index contributed by atoms with van der Waals surface area (Å²) in [6.45, 7) is 1.21. The highest BCUT2D eigenvalue weighted by Crippen LogP contribution is 2.32. The number of nitrogens with zero attached hydrogens (tertiary/aromatic N) is 3. The molecule has 2 aromatic carbocycles. The van der Waals surface area contributed by atoms with Crippen molar-refractivity contribution in [2.75, 3.05) is 13.1 Å². The van der Waals surface area contributed by atoms with Crippen LogP contribution in [0, 0.1) is 11.5 Å². The minimum atomic E-state index is -0.231. The first-order valence-electron chi connectivity index (χ1n) is 9.06. The van der Waals surface area contributed by atoms with E-state index in [1.54, 1.807) is 11.0 Å². The maximum absolute atomic E-state index is 12.5. The number of likely N-dealkylation sites (tertiary alicyclic amines) is 1. The van der Waals surface area contributed by atoms with Crippen LogP contribution in [0.1, 0.15) is 16.9 Å². The lowest BCUT2D eigenvalue weighted by Gasteiger charge is -2.11. The van der Waals surface area contributed by atoms with Gasteiger partial charge in [0.2, 0.25) is 0 Å². The molecule has 2 heterocycles. The van der Waals surface area contributed by atoms with E-state index < -0.39 is 0 Å². The molecule has 140 valence electrons. The molecule has 1 saturated heterocycles. The number of nitrogens with one attached hydrogen (secondary N) is 2. The molecule has 1 amide bonds. The molecule has 3 aromatic rings. The number of para-hydroxylation sites is 2. The van der Waals surface area contributed by atoms with Crippen molar-refractivity contribution in [3.8, 4) is 28.9 Å². The lowest BCUT2D eigenvalue weighted by Crippen LogP contribution is -2.36. The van der Waals surface area contributed by atoms with Gasteiger partial charge in [0.15, 0.2) is 6.19 Å². The molecule has 1 fully saturated rings. The smallest absolute Gasteiger partial charge is 0.269 e. The summed E-state index contributed by atoms with van der Waals surface area (Å²) in [6.07, 6.45) is 2.86. The zero-order valence-electron chi connectivity index (χ0n) is 15.1. The lowest BCUT2D eigenvalue weighted by atomic mass is 10.1. The number of rotatable bonds is 5. The van der Waals surface area contributed by atoms with E-state index in [-0.39, 0.29) is 11.9 Å². The van der Waals surface area contributed by atoms with Crippen LogP contribution in [0.15, 0.2) is 60.7 Å². The molecule has 4 rings (SSSR count). The van der Waals surface area contributed by atoms with Gasteiger partial charge < -0.3 is 15.0 Å². The fourth-order valence-corrected chi connectivity index (χ4v) is 3.19. The van der Waals surface area contributed by atoms with Crippen molar-refractivity contribution in [3.05, 3.63) is 66.4 Å². The molecule has 1 aliphatic rings. The number of hydrogen-bond donors (Lipinski definition) is 2. The van der Waals surface area contributed by atoms with Gasteiger partial charge in [-0.2, -0.15) is 10.4 Å². The molecule has 0 radical (unpaired) electrons. The van der Waals surface area contributed by atoms with Crippen molar-refractivity contribution in [2.45, 2.75) is 12.5 Å². The van der Waals surface area contributed by atoms with Gasteiger partial charge in [0.25, 0.3) is 5.91 Å². The zero-order valence-corrected chi connectivity index (χ0v) is 15.1. The van der Waals surface area contributed by atoms with Crippen molar-refractivity contribution in [3.63, 3.8) is 0 Å². The maximum Gasteiger partial charge on any atom is 0.269 e. The third-order valence-corrected chi connectivity index (χ3v) is 4.62. The topological polar surface area (TPSA) is 94.0 Å². The predicted octanol–water partition coefficient (Wildman–Crippen LogP) is 3.15. The standard InChI is InChI=1S/C21H19N5O2/c22-14-26-11-10-15(13-26)23-21(27)19-12-18(24-25-19)17-8-4-5-9-20(17)28-16-6-2-1-3-7-16/h1-9,12,15H,10-11,13H2,(H,23,27)(H,24,25)/t15-/m1/s1. The first kappa shape index (κ1) is 17.6. The molecule has 7 nitrogen and oxygen atoms in total. The molecule has 0 aliphatic carbocycles. The van der Waals surface area contributed by atoms with Gasteiger partial charge in [0.1, 0.15) is 17.2 Å². The molecule has 1 aromatic heterocycles. The highest BCUT2D eigenvalue weighted by Gasteiger charge is 2.24. The van der Waals surface area contributed by atoms with Gasteiger partial charge in [-0.3, -0.25) is 9.89 Å². The molecule has 1 aliphatic heterocycles. The quantitative estimate of drug-likeness (QED) is 0.670. The molecule has 7 heteroatoms. The summed E-state index contributed by atoms with van der Waals surface area (Å²) >= 11 is 0. The van der Waals surface area contributed by atoms with E-state index in [9.17, 15) is 4.79 Å². The van der Waals surface area contributed by atoms with Gasteiger partial charge in [0.05, 0.1) is 5.69 Å². The minimum Gasteiger partial charge on any atom is -0.457 e. The number of benzene rings is 2. The molecular formula is C21H19N5O2. The Morgan fingerprint density at radius 2 is 2.00 bits per heavy atom. The predicted molar refractivity (Wildman–Crippen MR) is 104 cm³/mol. The average molecular weight is 373 g/mol. The second kappa shape index (κ2) is 7.84. The number of nitriles is 1. The summed E-state index contributed by atoms with van der Waals surface area (Å²) in [4.78, 5) is 14.1. The van der Waals surface area contributed by atoms with Gasteiger partial charge in [-0.15, -0.1) is 0 Å². The van der Waals surface area contributed by atoms with Crippen molar-refractivity contribution >= 4 is 5.91 Å². The Bertz CT molecular complexity index is 1010. The Morgan fingerprint density at radius 1 is 1.21 bits per heavy atom. The monoisotopic (exact) mass is 373 g/mol. The van der Waals surface area contributed by atoms with Crippen LogP contribution >= 0.6 is 0 Å². The molecule has 0 bridgehead atoms. The molecule has 1 atom stereocenters. The Hall–Kier alpha value is -3.79. The molecule has 0 spiro atoms. The van der Waals surface area contributed by atoms with Crippen LogP contribution in [-0.2, 0) is 0 Å². The third-order valence-electron chi connectivity index (χ3n) is 4.62. The summed E-state index contributed by atoms with van der Waals surface area (Å²) in [6, 6.07) is 18.7. The Morgan fingerprint density at radius 3 is 2.79 bits per heavy atom. The number of carbonyl (C=O) groups is 1. The highest BCUT2D eigenvalue weighted by atomic mass is 16.5. The van der Waals surface area contributed by atoms with E-state index in [2.05, 4.69) is 21.7 Å². The molecule has 0 unspecified atom stereocenters. The number of ether oxygens (including phenoxy) is 1. The minimum absolute atomic E-state index is 0.0346. The number of carbonyl (C=O) groups excluding carboxylic acids is 1. The van der Waals surface area contributed by atoms with Crippen molar-refractivity contribution < 1.29 is 9.53 Å². The summed E-state index contributed by atoms with van der Waals surface area (Å²) in [7, 11) is 0. The summed E-state index contributed by atoms with van der Waals surface area (Å²) < 4.78 is 5.97. The van der Waals surface area contributed by atoms with Crippen molar-refractivity contribution in [1.82, 2.24) is 20.4 Å².